The van der Waals surface area contributed by atoms with Crippen LogP contribution in [0.2, 0.25) is 10.0 Å². The fourth-order valence-electron chi connectivity index (χ4n) is 2.29. The summed E-state index contributed by atoms with van der Waals surface area (Å²) in [6, 6.07) is 3.04. The minimum Gasteiger partial charge on any atom is -0.464 e. The van der Waals surface area contributed by atoms with Crippen molar-refractivity contribution in [3.8, 4) is 11.3 Å². The van der Waals surface area contributed by atoms with Crippen LogP contribution in [0, 0.1) is 12.7 Å². The number of pyridine rings is 1. The Hall–Kier alpha value is -2.05. The van der Waals surface area contributed by atoms with E-state index in [2.05, 4.69) is 9.72 Å². The van der Waals surface area contributed by atoms with Gasteiger partial charge in [0, 0.05) is 19.7 Å². The number of anilines is 2. The van der Waals surface area contributed by atoms with Crippen LogP contribution in [0.25, 0.3) is 11.3 Å². The number of hydrogen-bond donors (Lipinski definition) is 1. The molecule has 24 heavy (non-hydrogen) atoms. The van der Waals surface area contributed by atoms with Crippen LogP contribution in [0.15, 0.2) is 12.1 Å². The Labute approximate surface area is 149 Å². The lowest BCUT2D eigenvalue weighted by molar-refractivity contribution is 0.0594. The van der Waals surface area contributed by atoms with Crippen LogP contribution in [0.3, 0.4) is 0 Å². The zero-order chi connectivity index (χ0) is 18.2. The maximum atomic E-state index is 14.9. The van der Waals surface area contributed by atoms with Gasteiger partial charge in [-0.1, -0.05) is 23.2 Å². The molecule has 0 spiro atoms. The molecule has 0 aliphatic rings. The predicted octanol–water partition coefficient (Wildman–Crippen LogP) is 3.94. The molecule has 0 amide bonds. The molecule has 8 heteroatoms. The molecule has 0 saturated heterocycles. The van der Waals surface area contributed by atoms with Gasteiger partial charge in [-0.15, -0.1) is 0 Å². The van der Waals surface area contributed by atoms with Gasteiger partial charge in [-0.2, -0.15) is 0 Å². The Bertz CT molecular complexity index is 826. The summed E-state index contributed by atoms with van der Waals surface area (Å²) >= 11 is 12.1. The number of nitrogens with two attached hydrogens (primary N) is 1. The number of carbonyl (C=O) groups is 1. The average Bonchev–Trinajstić information content (AvgIpc) is 2.53. The van der Waals surface area contributed by atoms with Crippen molar-refractivity contribution in [1.82, 2.24) is 4.98 Å². The number of hydrogen-bond acceptors (Lipinski definition) is 5. The Balaban J connectivity index is 2.81. The number of halogens is 3. The molecule has 0 saturated carbocycles. The van der Waals surface area contributed by atoms with Crippen molar-refractivity contribution in [3.63, 3.8) is 0 Å². The zero-order valence-electron chi connectivity index (χ0n) is 13.6. The average molecular weight is 372 g/mol. The van der Waals surface area contributed by atoms with Crippen molar-refractivity contribution >= 4 is 40.5 Å². The van der Waals surface area contributed by atoms with Gasteiger partial charge in [-0.05, 0) is 24.6 Å². The molecule has 0 aliphatic carbocycles. The highest BCUT2D eigenvalue weighted by Gasteiger charge is 2.24. The highest BCUT2D eigenvalue weighted by molar-refractivity contribution is 6.36. The lowest BCUT2D eigenvalue weighted by atomic mass is 10.0. The number of ether oxygens (including phenoxy) is 1. The normalized spacial score (nSPS) is 10.6. The zero-order valence-corrected chi connectivity index (χ0v) is 15.1. The van der Waals surface area contributed by atoms with Gasteiger partial charge >= 0.3 is 5.97 Å². The molecule has 128 valence electrons. The number of methoxy groups -OCH3 is 1. The van der Waals surface area contributed by atoms with E-state index in [0.29, 0.717) is 5.56 Å². The molecule has 5 nitrogen and oxygen atoms in total. The smallest absolute Gasteiger partial charge is 0.358 e. The summed E-state index contributed by atoms with van der Waals surface area (Å²) in [7, 11) is 4.54. The van der Waals surface area contributed by atoms with Crippen molar-refractivity contribution < 1.29 is 13.9 Å². The van der Waals surface area contributed by atoms with Crippen molar-refractivity contribution in [2.24, 2.45) is 0 Å². The number of rotatable bonds is 3. The largest absolute Gasteiger partial charge is 0.464 e. The molecule has 1 heterocycles. The van der Waals surface area contributed by atoms with E-state index in [-0.39, 0.29) is 38.4 Å². The Kier molecular flexibility index (Phi) is 5.20. The molecule has 1 aromatic carbocycles. The minimum atomic E-state index is -0.754. The fraction of sp³-hybridized carbons (Fsp3) is 0.250. The molecule has 1 aromatic heterocycles. The molecular weight excluding hydrogens is 356 g/mol. The van der Waals surface area contributed by atoms with Gasteiger partial charge in [0.25, 0.3) is 0 Å². The summed E-state index contributed by atoms with van der Waals surface area (Å²) < 4.78 is 19.6. The molecule has 0 atom stereocenters. The summed E-state index contributed by atoms with van der Waals surface area (Å²) in [4.78, 5) is 17.6. The second-order valence-corrected chi connectivity index (χ2v) is 6.09. The number of aromatic nitrogens is 1. The van der Waals surface area contributed by atoms with Crippen LogP contribution in [-0.2, 0) is 4.74 Å². The summed E-state index contributed by atoms with van der Waals surface area (Å²) in [5.41, 5.74) is 6.96. The van der Waals surface area contributed by atoms with Gasteiger partial charge in [0.15, 0.2) is 11.5 Å². The SMILES string of the molecule is COC(=O)c1nc(-c2ccc(Cl)c(N(C)C)c2F)c(C)c(N)c1Cl. The molecule has 0 unspecified atom stereocenters. The number of carbonyl (C=O) groups excluding carboxylic acids is 1. The third-order valence-corrected chi connectivity index (χ3v) is 4.26. The van der Waals surface area contributed by atoms with E-state index >= 15 is 0 Å². The first-order valence-corrected chi connectivity index (χ1v) is 7.65. The van der Waals surface area contributed by atoms with Crippen LogP contribution in [0.4, 0.5) is 15.8 Å². The van der Waals surface area contributed by atoms with E-state index in [4.69, 9.17) is 28.9 Å². The summed E-state index contributed by atoms with van der Waals surface area (Å²) in [5.74, 6) is -1.32. The van der Waals surface area contributed by atoms with Gasteiger partial charge < -0.3 is 15.4 Å². The first-order chi connectivity index (χ1) is 11.2. The molecule has 2 rings (SSSR count). The van der Waals surface area contributed by atoms with E-state index in [1.165, 1.54) is 13.2 Å². The molecule has 0 radical (unpaired) electrons. The molecule has 2 N–H and O–H groups in total. The van der Waals surface area contributed by atoms with Crippen molar-refractivity contribution in [2.75, 3.05) is 31.8 Å². The maximum Gasteiger partial charge on any atom is 0.358 e. The van der Waals surface area contributed by atoms with Gasteiger partial charge in [-0.25, -0.2) is 14.2 Å². The highest BCUT2D eigenvalue weighted by atomic mass is 35.5. The summed E-state index contributed by atoms with van der Waals surface area (Å²) in [6.07, 6.45) is 0. The van der Waals surface area contributed by atoms with Gasteiger partial charge in [0.1, 0.15) is 0 Å². The number of nitrogen functional groups attached to an aromatic ring is 1. The Morgan fingerprint density at radius 3 is 2.50 bits per heavy atom. The summed E-state index contributed by atoms with van der Waals surface area (Å²) in [5, 5.41) is 0.235. The second-order valence-electron chi connectivity index (χ2n) is 5.31. The van der Waals surface area contributed by atoms with E-state index in [9.17, 15) is 9.18 Å². The molecule has 2 aromatic rings. The fourth-order valence-corrected chi connectivity index (χ4v) is 2.87. The van der Waals surface area contributed by atoms with E-state index in [0.717, 1.165) is 0 Å². The minimum absolute atomic E-state index is 0.0229. The summed E-state index contributed by atoms with van der Waals surface area (Å²) in [6.45, 7) is 1.65. The van der Waals surface area contributed by atoms with Gasteiger partial charge in [-0.3, -0.25) is 0 Å². The molecule has 0 fully saturated rings. The quantitative estimate of drug-likeness (QED) is 0.827. The lowest BCUT2D eigenvalue weighted by Crippen LogP contribution is -2.13. The van der Waals surface area contributed by atoms with Crippen LogP contribution in [0.1, 0.15) is 16.1 Å². The Morgan fingerprint density at radius 1 is 1.33 bits per heavy atom. The molecule has 0 aliphatic heterocycles. The molecule has 0 bridgehead atoms. The molecular formula is C16H16Cl2FN3O2. The van der Waals surface area contributed by atoms with Crippen molar-refractivity contribution in [2.45, 2.75) is 6.92 Å². The maximum absolute atomic E-state index is 14.9. The topological polar surface area (TPSA) is 68.5 Å². The van der Waals surface area contributed by atoms with Crippen molar-refractivity contribution in [1.29, 1.82) is 0 Å². The number of benzene rings is 1. The standard InChI is InChI=1S/C16H16Cl2FN3O2/c1-7-12(20)10(18)14(16(23)24-4)21-13(7)8-5-6-9(17)15(11(8)19)22(2)3/h5-6H,1-4H3,(H2,20,21). The van der Waals surface area contributed by atoms with Crippen LogP contribution in [0.5, 0.6) is 0 Å². The van der Waals surface area contributed by atoms with Gasteiger partial charge in [0.05, 0.1) is 34.2 Å². The van der Waals surface area contributed by atoms with Crippen LogP contribution >= 0.6 is 23.2 Å². The van der Waals surface area contributed by atoms with Crippen LogP contribution in [-0.4, -0.2) is 32.2 Å². The lowest BCUT2D eigenvalue weighted by Gasteiger charge is -2.19. The third-order valence-electron chi connectivity index (χ3n) is 3.58. The van der Waals surface area contributed by atoms with Gasteiger partial charge in [0.2, 0.25) is 0 Å². The Morgan fingerprint density at radius 2 is 1.96 bits per heavy atom. The second kappa shape index (κ2) is 6.83. The van der Waals surface area contributed by atoms with E-state index in [1.54, 1.807) is 32.0 Å². The van der Waals surface area contributed by atoms with E-state index < -0.39 is 11.8 Å². The van der Waals surface area contributed by atoms with Crippen molar-refractivity contribution in [3.05, 3.63) is 39.3 Å². The third kappa shape index (κ3) is 2.99. The van der Waals surface area contributed by atoms with Crippen LogP contribution < -0.4 is 10.6 Å². The number of nitrogens with zero attached hydrogens (tertiary/aromatic N) is 2. The predicted molar refractivity (Wildman–Crippen MR) is 94.5 cm³/mol. The van der Waals surface area contributed by atoms with E-state index in [1.807, 2.05) is 0 Å². The highest BCUT2D eigenvalue weighted by Crippen LogP contribution is 2.38. The monoisotopic (exact) mass is 371 g/mol. The first kappa shape index (κ1) is 18.3. The first-order valence-electron chi connectivity index (χ1n) is 6.90. The number of esters is 1.